The van der Waals surface area contributed by atoms with Crippen LogP contribution < -0.4 is 0 Å². The molecule has 5 heteroatoms. The number of fused-ring (bicyclic) bond motifs is 1. The quantitative estimate of drug-likeness (QED) is 0.880. The topological polar surface area (TPSA) is 73.4 Å². The monoisotopic (exact) mass is 258 g/mol. The van der Waals surface area contributed by atoms with Gasteiger partial charge in [0.15, 0.2) is 0 Å². The molecule has 1 aromatic heterocycles. The number of rotatable bonds is 3. The molecule has 0 radical (unpaired) electrons. The molecule has 5 nitrogen and oxygen atoms in total. The highest BCUT2D eigenvalue weighted by Crippen LogP contribution is 2.25. The Balaban J connectivity index is 1.91. The number of carbonyl (C=O) groups is 2. The molecule has 19 heavy (non-hydrogen) atoms. The third-order valence-electron chi connectivity index (χ3n) is 3.63. The molecule has 2 aromatic rings. The van der Waals surface area contributed by atoms with E-state index in [-0.39, 0.29) is 5.91 Å². The number of aromatic nitrogens is 1. The maximum absolute atomic E-state index is 11.8. The van der Waals surface area contributed by atoms with E-state index in [0.717, 1.165) is 16.5 Å². The van der Waals surface area contributed by atoms with Crippen molar-refractivity contribution in [2.75, 3.05) is 0 Å². The van der Waals surface area contributed by atoms with Gasteiger partial charge in [-0.2, -0.15) is 0 Å². The van der Waals surface area contributed by atoms with E-state index < -0.39 is 12.0 Å². The average Bonchev–Trinajstić information content (AvgIpc) is 2.96. The summed E-state index contributed by atoms with van der Waals surface area (Å²) >= 11 is 0. The summed E-state index contributed by atoms with van der Waals surface area (Å²) in [5.74, 6) is -1.01. The minimum Gasteiger partial charge on any atom is -0.480 e. The van der Waals surface area contributed by atoms with E-state index in [9.17, 15) is 9.59 Å². The number of amides is 1. The predicted octanol–water partition coefficient (Wildman–Crippen LogP) is 1.74. The largest absolute Gasteiger partial charge is 0.480 e. The van der Waals surface area contributed by atoms with Gasteiger partial charge in [0.05, 0.1) is 0 Å². The lowest BCUT2D eigenvalue weighted by molar-refractivity contribution is -0.146. The fraction of sp³-hybridized carbons (Fsp3) is 0.286. The molecule has 2 N–H and O–H groups in total. The molecule has 1 fully saturated rings. The zero-order chi connectivity index (χ0) is 13.4. The molecule has 1 saturated heterocycles. The van der Waals surface area contributed by atoms with Crippen molar-refractivity contribution < 1.29 is 14.7 Å². The summed E-state index contributed by atoms with van der Waals surface area (Å²) in [7, 11) is 0. The molecule has 1 aliphatic heterocycles. The van der Waals surface area contributed by atoms with Crippen LogP contribution in [0.4, 0.5) is 0 Å². The number of carboxylic acids is 1. The second kappa shape index (κ2) is 4.42. The molecule has 0 aliphatic carbocycles. The lowest BCUT2D eigenvalue weighted by atomic mass is 10.1. The Kier molecular flexibility index (Phi) is 2.74. The van der Waals surface area contributed by atoms with Crippen molar-refractivity contribution in [3.05, 3.63) is 36.0 Å². The number of hydrogen-bond donors (Lipinski definition) is 2. The minimum absolute atomic E-state index is 0.0855. The highest BCUT2D eigenvalue weighted by atomic mass is 16.4. The molecule has 1 amide bonds. The van der Waals surface area contributed by atoms with Crippen LogP contribution in [0.15, 0.2) is 30.5 Å². The average molecular weight is 258 g/mol. The van der Waals surface area contributed by atoms with E-state index >= 15 is 0 Å². The molecule has 1 aromatic carbocycles. The Hall–Kier alpha value is -2.30. The Bertz CT molecular complexity index is 647. The van der Waals surface area contributed by atoms with Crippen molar-refractivity contribution in [2.24, 2.45) is 0 Å². The van der Waals surface area contributed by atoms with E-state index in [1.54, 1.807) is 0 Å². The number of aliphatic carboxylic acids is 1. The van der Waals surface area contributed by atoms with E-state index in [1.165, 1.54) is 4.90 Å². The zero-order valence-corrected chi connectivity index (χ0v) is 10.3. The van der Waals surface area contributed by atoms with Crippen molar-refractivity contribution in [2.45, 2.75) is 25.4 Å². The number of likely N-dealkylation sites (tertiary alicyclic amines) is 1. The number of benzene rings is 1. The molecule has 0 saturated carbocycles. The highest BCUT2D eigenvalue weighted by Gasteiger charge is 2.36. The first kappa shape index (κ1) is 11.8. The lowest BCUT2D eigenvalue weighted by Gasteiger charge is -2.21. The van der Waals surface area contributed by atoms with Crippen LogP contribution in [0.2, 0.25) is 0 Å². The van der Waals surface area contributed by atoms with Crippen LogP contribution in [-0.2, 0) is 16.1 Å². The van der Waals surface area contributed by atoms with Gasteiger partial charge in [0.2, 0.25) is 5.91 Å². The van der Waals surface area contributed by atoms with E-state index in [2.05, 4.69) is 4.98 Å². The Morgan fingerprint density at radius 3 is 3.00 bits per heavy atom. The van der Waals surface area contributed by atoms with Crippen LogP contribution in [0, 0.1) is 0 Å². The predicted molar refractivity (Wildman–Crippen MR) is 69.5 cm³/mol. The molecular weight excluding hydrogens is 244 g/mol. The number of nitrogens with one attached hydrogen (secondary N) is 1. The van der Waals surface area contributed by atoms with Gasteiger partial charge in [-0.3, -0.25) is 4.79 Å². The van der Waals surface area contributed by atoms with Gasteiger partial charge in [-0.25, -0.2) is 4.79 Å². The molecule has 0 bridgehead atoms. The third-order valence-corrected chi connectivity index (χ3v) is 3.63. The summed E-state index contributed by atoms with van der Waals surface area (Å²) in [5.41, 5.74) is 1.95. The van der Waals surface area contributed by atoms with Crippen LogP contribution in [0.1, 0.15) is 18.4 Å². The molecule has 3 rings (SSSR count). The molecular formula is C14H14N2O3. The number of aromatic amines is 1. The summed E-state index contributed by atoms with van der Waals surface area (Å²) in [6.07, 6.45) is 2.56. The summed E-state index contributed by atoms with van der Waals surface area (Å²) in [5, 5.41) is 10.2. The summed E-state index contributed by atoms with van der Waals surface area (Å²) in [4.78, 5) is 27.5. The van der Waals surface area contributed by atoms with Crippen LogP contribution in [0.25, 0.3) is 10.9 Å². The van der Waals surface area contributed by atoms with Crippen molar-refractivity contribution in [1.82, 2.24) is 9.88 Å². The zero-order valence-electron chi connectivity index (χ0n) is 10.3. The first-order valence-electron chi connectivity index (χ1n) is 6.24. The fourth-order valence-electron chi connectivity index (χ4n) is 2.63. The third kappa shape index (κ3) is 1.97. The lowest BCUT2D eigenvalue weighted by Crippen LogP contribution is -2.37. The van der Waals surface area contributed by atoms with Crippen LogP contribution in [0.3, 0.4) is 0 Å². The SMILES string of the molecule is O=C(O)C1CCC(=O)N1Cc1c[nH]c2ccccc12. The first-order chi connectivity index (χ1) is 9.16. The first-order valence-corrected chi connectivity index (χ1v) is 6.24. The molecule has 98 valence electrons. The number of H-pyrrole nitrogens is 1. The van der Waals surface area contributed by atoms with Crippen LogP contribution >= 0.6 is 0 Å². The van der Waals surface area contributed by atoms with Crippen molar-refractivity contribution in [3.8, 4) is 0 Å². The van der Waals surface area contributed by atoms with Crippen molar-refractivity contribution >= 4 is 22.8 Å². The Morgan fingerprint density at radius 1 is 1.42 bits per heavy atom. The molecule has 1 atom stereocenters. The normalized spacial score (nSPS) is 19.3. The number of nitrogens with zero attached hydrogens (tertiary/aromatic N) is 1. The number of para-hydroxylation sites is 1. The van der Waals surface area contributed by atoms with Gasteiger partial charge in [0.25, 0.3) is 0 Å². The van der Waals surface area contributed by atoms with Gasteiger partial charge in [0, 0.05) is 30.1 Å². The Morgan fingerprint density at radius 2 is 2.21 bits per heavy atom. The molecule has 1 unspecified atom stereocenters. The fourth-order valence-corrected chi connectivity index (χ4v) is 2.63. The summed E-state index contributed by atoms with van der Waals surface area (Å²) in [6, 6.07) is 7.10. The molecule has 0 spiro atoms. The molecule has 1 aliphatic rings. The highest BCUT2D eigenvalue weighted by molar-refractivity contribution is 5.88. The maximum Gasteiger partial charge on any atom is 0.326 e. The van der Waals surface area contributed by atoms with Crippen LogP contribution in [0.5, 0.6) is 0 Å². The smallest absolute Gasteiger partial charge is 0.326 e. The Labute approximate surface area is 109 Å². The van der Waals surface area contributed by atoms with E-state index in [1.807, 2.05) is 30.5 Å². The standard InChI is InChI=1S/C14H14N2O3/c17-13-6-5-12(14(18)19)16(13)8-9-7-15-11-4-2-1-3-10(9)11/h1-4,7,12,15H,5-6,8H2,(H,18,19). The molecule has 2 heterocycles. The summed E-state index contributed by atoms with van der Waals surface area (Å²) < 4.78 is 0. The van der Waals surface area contributed by atoms with E-state index in [0.29, 0.717) is 19.4 Å². The van der Waals surface area contributed by atoms with Crippen LogP contribution in [-0.4, -0.2) is 32.9 Å². The maximum atomic E-state index is 11.8. The van der Waals surface area contributed by atoms with Gasteiger partial charge in [-0.15, -0.1) is 0 Å². The number of hydrogen-bond acceptors (Lipinski definition) is 2. The van der Waals surface area contributed by atoms with Crippen molar-refractivity contribution in [1.29, 1.82) is 0 Å². The van der Waals surface area contributed by atoms with Gasteiger partial charge < -0.3 is 15.0 Å². The van der Waals surface area contributed by atoms with E-state index in [4.69, 9.17) is 5.11 Å². The minimum atomic E-state index is -0.925. The second-order valence-corrected chi connectivity index (χ2v) is 4.77. The van der Waals surface area contributed by atoms with Gasteiger partial charge in [0.1, 0.15) is 6.04 Å². The van der Waals surface area contributed by atoms with Gasteiger partial charge >= 0.3 is 5.97 Å². The second-order valence-electron chi connectivity index (χ2n) is 4.77. The van der Waals surface area contributed by atoms with Crippen molar-refractivity contribution in [3.63, 3.8) is 0 Å². The summed E-state index contributed by atoms with van der Waals surface area (Å²) in [6.45, 7) is 0.347. The number of carbonyl (C=O) groups excluding carboxylic acids is 1. The van der Waals surface area contributed by atoms with Gasteiger partial charge in [-0.1, -0.05) is 18.2 Å². The number of carboxylic acid groups (broad SMARTS) is 1. The van der Waals surface area contributed by atoms with Gasteiger partial charge in [-0.05, 0) is 18.1 Å².